The molecule has 0 spiro atoms. The number of nitrogens with zero attached hydrogens (tertiary/aromatic N) is 4. The van der Waals surface area contributed by atoms with E-state index in [2.05, 4.69) is 15.6 Å². The predicted molar refractivity (Wildman–Crippen MR) is 105 cm³/mol. The SMILES string of the molecule is CC(C)CNC(=O)c1cn(C2CCCN(C(=O)C=Cc3cccs3)C2)nn1. The van der Waals surface area contributed by atoms with Crippen LogP contribution in [0.3, 0.4) is 0 Å². The van der Waals surface area contributed by atoms with Crippen LogP contribution < -0.4 is 5.32 Å². The second-order valence-electron chi connectivity index (χ2n) is 7.12. The monoisotopic (exact) mass is 387 g/mol. The summed E-state index contributed by atoms with van der Waals surface area (Å²) in [6, 6.07) is 3.98. The Morgan fingerprint density at radius 1 is 1.44 bits per heavy atom. The molecule has 7 nitrogen and oxygen atoms in total. The van der Waals surface area contributed by atoms with Gasteiger partial charge in [0.1, 0.15) is 0 Å². The smallest absolute Gasteiger partial charge is 0.273 e. The van der Waals surface area contributed by atoms with Gasteiger partial charge in [-0.2, -0.15) is 0 Å². The van der Waals surface area contributed by atoms with Gasteiger partial charge in [-0.15, -0.1) is 16.4 Å². The molecule has 2 aromatic heterocycles. The lowest BCUT2D eigenvalue weighted by atomic mass is 10.1. The van der Waals surface area contributed by atoms with Crippen molar-refractivity contribution in [2.75, 3.05) is 19.6 Å². The molecule has 0 radical (unpaired) electrons. The third-order valence-corrected chi connectivity index (χ3v) is 5.27. The van der Waals surface area contributed by atoms with Gasteiger partial charge >= 0.3 is 0 Å². The maximum Gasteiger partial charge on any atom is 0.273 e. The molecule has 1 aliphatic heterocycles. The van der Waals surface area contributed by atoms with Crippen LogP contribution in [0.25, 0.3) is 6.08 Å². The fraction of sp³-hybridized carbons (Fsp3) is 0.474. The predicted octanol–water partition coefficient (Wildman–Crippen LogP) is 2.60. The standard InChI is InChI=1S/C19H25N5O2S/c1-14(2)11-20-19(26)17-13-24(22-21-17)15-5-3-9-23(12-15)18(25)8-7-16-6-4-10-27-16/h4,6-8,10,13-15H,3,5,9,11-12H2,1-2H3,(H,20,26). The Hall–Kier alpha value is -2.48. The first-order valence-corrected chi connectivity index (χ1v) is 10.1. The molecule has 1 N–H and O–H groups in total. The van der Waals surface area contributed by atoms with Crippen molar-refractivity contribution in [2.24, 2.45) is 5.92 Å². The molecule has 1 atom stereocenters. The molecule has 8 heteroatoms. The molecule has 1 unspecified atom stereocenters. The molecule has 0 aliphatic carbocycles. The molecule has 1 aliphatic rings. The summed E-state index contributed by atoms with van der Waals surface area (Å²) in [5.74, 6) is 0.171. The summed E-state index contributed by atoms with van der Waals surface area (Å²) in [6.07, 6.45) is 6.96. The molecule has 1 fully saturated rings. The van der Waals surface area contributed by atoms with Crippen LogP contribution in [0, 0.1) is 5.92 Å². The van der Waals surface area contributed by atoms with Crippen molar-refractivity contribution >= 4 is 29.2 Å². The molecule has 3 rings (SSSR count). The number of carbonyl (C=O) groups excluding carboxylic acids is 2. The third-order valence-electron chi connectivity index (χ3n) is 4.43. The summed E-state index contributed by atoms with van der Waals surface area (Å²) in [5.41, 5.74) is 0.316. The van der Waals surface area contributed by atoms with Crippen molar-refractivity contribution in [1.82, 2.24) is 25.2 Å². The maximum atomic E-state index is 12.5. The van der Waals surface area contributed by atoms with Gasteiger partial charge in [-0.25, -0.2) is 4.68 Å². The normalized spacial score (nSPS) is 17.6. The molecule has 2 amide bonds. The minimum Gasteiger partial charge on any atom is -0.350 e. The second-order valence-corrected chi connectivity index (χ2v) is 8.10. The Kier molecular flexibility index (Phi) is 6.39. The quantitative estimate of drug-likeness (QED) is 0.773. The summed E-state index contributed by atoms with van der Waals surface area (Å²) in [5, 5.41) is 12.9. The molecule has 3 heterocycles. The van der Waals surface area contributed by atoms with Gasteiger partial charge in [-0.05, 0) is 36.3 Å². The lowest BCUT2D eigenvalue weighted by molar-refractivity contribution is -0.127. The number of carbonyl (C=O) groups is 2. The van der Waals surface area contributed by atoms with E-state index in [-0.39, 0.29) is 17.9 Å². The van der Waals surface area contributed by atoms with Gasteiger partial charge in [-0.1, -0.05) is 25.1 Å². The fourth-order valence-electron chi connectivity index (χ4n) is 2.96. The molecule has 0 aromatic carbocycles. The molecular formula is C19H25N5O2S. The molecule has 2 aromatic rings. The minimum atomic E-state index is -0.211. The van der Waals surface area contributed by atoms with Crippen molar-refractivity contribution < 1.29 is 9.59 Å². The van der Waals surface area contributed by atoms with Crippen molar-refractivity contribution in [3.05, 3.63) is 40.4 Å². The van der Waals surface area contributed by atoms with Crippen LogP contribution in [-0.2, 0) is 4.79 Å². The number of rotatable bonds is 6. The van der Waals surface area contributed by atoms with E-state index in [9.17, 15) is 9.59 Å². The van der Waals surface area contributed by atoms with Crippen LogP contribution in [0.5, 0.6) is 0 Å². The van der Waals surface area contributed by atoms with E-state index < -0.39 is 0 Å². The van der Waals surface area contributed by atoms with E-state index in [1.807, 2.05) is 42.3 Å². The van der Waals surface area contributed by atoms with E-state index in [1.165, 1.54) is 0 Å². The van der Waals surface area contributed by atoms with E-state index in [4.69, 9.17) is 0 Å². The fourth-order valence-corrected chi connectivity index (χ4v) is 3.58. The molecule has 144 valence electrons. The number of nitrogens with one attached hydrogen (secondary N) is 1. The number of aromatic nitrogens is 3. The molecule has 1 saturated heterocycles. The highest BCUT2D eigenvalue weighted by Crippen LogP contribution is 2.21. The van der Waals surface area contributed by atoms with Crippen LogP contribution >= 0.6 is 11.3 Å². The van der Waals surface area contributed by atoms with Gasteiger partial charge in [0.2, 0.25) is 5.91 Å². The van der Waals surface area contributed by atoms with Crippen LogP contribution in [-0.4, -0.2) is 51.3 Å². The van der Waals surface area contributed by atoms with E-state index in [1.54, 1.807) is 28.3 Å². The highest BCUT2D eigenvalue weighted by molar-refractivity contribution is 7.10. The zero-order valence-corrected chi connectivity index (χ0v) is 16.5. The largest absolute Gasteiger partial charge is 0.350 e. The molecule has 0 saturated carbocycles. The van der Waals surface area contributed by atoms with Gasteiger partial charge < -0.3 is 10.2 Å². The van der Waals surface area contributed by atoms with Gasteiger partial charge in [-0.3, -0.25) is 9.59 Å². The average Bonchev–Trinajstić information content (AvgIpc) is 3.36. The Labute approximate surface area is 163 Å². The zero-order chi connectivity index (χ0) is 19.2. The maximum absolute atomic E-state index is 12.5. The first-order valence-electron chi connectivity index (χ1n) is 9.23. The number of likely N-dealkylation sites (tertiary alicyclic amines) is 1. The van der Waals surface area contributed by atoms with E-state index in [0.29, 0.717) is 24.7 Å². The molecular weight excluding hydrogens is 362 g/mol. The van der Waals surface area contributed by atoms with Crippen LogP contribution in [0.15, 0.2) is 29.8 Å². The van der Waals surface area contributed by atoms with Gasteiger partial charge in [0.25, 0.3) is 5.91 Å². The summed E-state index contributed by atoms with van der Waals surface area (Å²) in [6.45, 7) is 5.99. The first kappa shape index (κ1) is 19.3. The summed E-state index contributed by atoms with van der Waals surface area (Å²) in [4.78, 5) is 27.5. The number of amides is 2. The minimum absolute atomic E-state index is 0.00288. The number of hydrogen-bond acceptors (Lipinski definition) is 5. The Bertz CT molecular complexity index is 797. The molecule has 0 bridgehead atoms. The highest BCUT2D eigenvalue weighted by Gasteiger charge is 2.25. The number of thiophene rings is 1. The topological polar surface area (TPSA) is 80.1 Å². The average molecular weight is 388 g/mol. The van der Waals surface area contributed by atoms with E-state index >= 15 is 0 Å². The number of piperidine rings is 1. The molecule has 27 heavy (non-hydrogen) atoms. The van der Waals surface area contributed by atoms with E-state index in [0.717, 1.165) is 24.3 Å². The van der Waals surface area contributed by atoms with Crippen molar-refractivity contribution in [1.29, 1.82) is 0 Å². The summed E-state index contributed by atoms with van der Waals surface area (Å²) < 4.78 is 1.71. The zero-order valence-electron chi connectivity index (χ0n) is 15.7. The van der Waals surface area contributed by atoms with Gasteiger partial charge in [0, 0.05) is 30.6 Å². The third kappa shape index (κ3) is 5.26. The van der Waals surface area contributed by atoms with Crippen molar-refractivity contribution in [3.8, 4) is 0 Å². The van der Waals surface area contributed by atoms with Crippen LogP contribution in [0.2, 0.25) is 0 Å². The summed E-state index contributed by atoms with van der Waals surface area (Å²) in [7, 11) is 0. The van der Waals surface area contributed by atoms with Crippen LogP contribution in [0.4, 0.5) is 0 Å². The van der Waals surface area contributed by atoms with Crippen molar-refractivity contribution in [2.45, 2.75) is 32.7 Å². The van der Waals surface area contributed by atoms with Crippen molar-refractivity contribution in [3.63, 3.8) is 0 Å². The Morgan fingerprint density at radius 2 is 2.30 bits per heavy atom. The summed E-state index contributed by atoms with van der Waals surface area (Å²) >= 11 is 1.60. The number of hydrogen-bond donors (Lipinski definition) is 1. The van der Waals surface area contributed by atoms with Gasteiger partial charge in [0.15, 0.2) is 5.69 Å². The first-order chi connectivity index (χ1) is 13.0. The lowest BCUT2D eigenvalue weighted by Gasteiger charge is -2.31. The van der Waals surface area contributed by atoms with Crippen LogP contribution in [0.1, 0.15) is 48.1 Å². The highest BCUT2D eigenvalue weighted by atomic mass is 32.1. The Morgan fingerprint density at radius 3 is 3.04 bits per heavy atom. The van der Waals surface area contributed by atoms with Gasteiger partial charge in [0.05, 0.1) is 12.2 Å². The lowest BCUT2D eigenvalue weighted by Crippen LogP contribution is -2.40. The second kappa shape index (κ2) is 8.94. The Balaban J connectivity index is 1.59.